The minimum absolute atomic E-state index is 0.0817. The van der Waals surface area contributed by atoms with Gasteiger partial charge in [0.15, 0.2) is 0 Å². The lowest BCUT2D eigenvalue weighted by molar-refractivity contribution is -1.26. The van der Waals surface area contributed by atoms with E-state index in [0.717, 1.165) is 12.8 Å². The number of nitrogens with zero attached hydrogens (tertiary/aromatic N) is 1. The normalized spacial score (nSPS) is 13.6. The van der Waals surface area contributed by atoms with E-state index in [0.29, 0.717) is 6.54 Å². The number of quaternary nitrogens is 1. The average molecular weight is 357 g/mol. The SMILES string of the molecule is CCCCCCCC/C=C\CCCCCCCCC(C)[N+](O)(O)CC. The highest BCUT2D eigenvalue weighted by Gasteiger charge is 2.28. The largest absolute Gasteiger partial charge is 0.182 e. The molecule has 2 N–H and O–H groups in total. The Morgan fingerprint density at radius 1 is 0.680 bits per heavy atom. The van der Waals surface area contributed by atoms with Gasteiger partial charge < -0.3 is 0 Å². The van der Waals surface area contributed by atoms with E-state index in [1.807, 2.05) is 6.92 Å². The van der Waals surface area contributed by atoms with Crippen LogP contribution in [0.25, 0.3) is 0 Å². The van der Waals surface area contributed by atoms with Gasteiger partial charge in [0.1, 0.15) is 12.6 Å². The van der Waals surface area contributed by atoms with Crippen molar-refractivity contribution in [3.8, 4) is 0 Å². The molecule has 0 aromatic rings. The number of hydrogen-bond donors (Lipinski definition) is 2. The molecule has 0 aromatic carbocycles. The van der Waals surface area contributed by atoms with Crippen LogP contribution >= 0.6 is 0 Å². The lowest BCUT2D eigenvalue weighted by atomic mass is 10.0. The van der Waals surface area contributed by atoms with Crippen LogP contribution in [0, 0.1) is 0 Å². The first-order valence-electron chi connectivity index (χ1n) is 11.0. The summed E-state index contributed by atoms with van der Waals surface area (Å²) in [4.78, 5) is -0.828. The van der Waals surface area contributed by atoms with Crippen molar-refractivity contribution in [1.82, 2.24) is 0 Å². The van der Waals surface area contributed by atoms with Gasteiger partial charge in [0.25, 0.3) is 0 Å². The van der Waals surface area contributed by atoms with Crippen LogP contribution in [0.3, 0.4) is 0 Å². The molecular formula is C22H46NO2+. The minimum Gasteiger partial charge on any atom is -0.182 e. The Morgan fingerprint density at radius 2 is 1.12 bits per heavy atom. The summed E-state index contributed by atoms with van der Waals surface area (Å²) >= 11 is 0. The van der Waals surface area contributed by atoms with Crippen LogP contribution in [0.15, 0.2) is 12.2 Å². The van der Waals surface area contributed by atoms with E-state index in [2.05, 4.69) is 19.1 Å². The summed E-state index contributed by atoms with van der Waals surface area (Å²) in [5.74, 6) is 0. The maximum atomic E-state index is 9.70. The third-order valence-electron chi connectivity index (χ3n) is 5.31. The maximum absolute atomic E-state index is 9.70. The maximum Gasteiger partial charge on any atom is 0.149 e. The van der Waals surface area contributed by atoms with Gasteiger partial charge in [-0.25, -0.2) is 0 Å². The van der Waals surface area contributed by atoms with E-state index >= 15 is 0 Å². The van der Waals surface area contributed by atoms with Crippen molar-refractivity contribution in [1.29, 1.82) is 0 Å². The average Bonchev–Trinajstić information content (AvgIpc) is 2.61. The van der Waals surface area contributed by atoms with E-state index in [1.54, 1.807) is 6.92 Å². The summed E-state index contributed by atoms with van der Waals surface area (Å²) in [7, 11) is 0. The molecule has 0 bridgehead atoms. The molecule has 0 radical (unpaired) electrons. The summed E-state index contributed by atoms with van der Waals surface area (Å²) in [6.07, 6.45) is 24.0. The molecular weight excluding hydrogens is 310 g/mol. The molecule has 1 unspecified atom stereocenters. The Morgan fingerprint density at radius 3 is 1.60 bits per heavy atom. The Bertz CT molecular complexity index is 302. The molecule has 150 valence electrons. The third kappa shape index (κ3) is 15.6. The van der Waals surface area contributed by atoms with Gasteiger partial charge in [-0.05, 0) is 50.8 Å². The van der Waals surface area contributed by atoms with Gasteiger partial charge >= 0.3 is 0 Å². The topological polar surface area (TPSA) is 40.5 Å². The van der Waals surface area contributed by atoms with Crippen LogP contribution < -0.4 is 0 Å². The predicted molar refractivity (Wildman–Crippen MR) is 108 cm³/mol. The highest BCUT2D eigenvalue weighted by Crippen LogP contribution is 2.15. The zero-order valence-corrected chi connectivity index (χ0v) is 17.4. The standard InChI is InChI=1S/C22H46NO2/c1-4-6-7-8-9-10-11-12-13-14-15-16-17-18-19-20-21-22(3)23(24,25)5-2/h12-13,22,24-25H,4-11,14-21H2,1-3H3/q+1/b13-12-. The van der Waals surface area contributed by atoms with Gasteiger partial charge in [-0.3, -0.25) is 0 Å². The van der Waals surface area contributed by atoms with Crippen molar-refractivity contribution < 1.29 is 15.2 Å². The fraction of sp³-hybridized carbons (Fsp3) is 0.909. The lowest BCUT2D eigenvalue weighted by Crippen LogP contribution is -2.48. The highest BCUT2D eigenvalue weighted by molar-refractivity contribution is 4.81. The number of allylic oxidation sites excluding steroid dienone is 2. The van der Waals surface area contributed by atoms with Crippen LogP contribution in [-0.2, 0) is 0 Å². The molecule has 0 spiro atoms. The molecule has 0 rings (SSSR count). The zero-order valence-electron chi connectivity index (χ0n) is 17.4. The third-order valence-corrected chi connectivity index (χ3v) is 5.31. The Balaban J connectivity index is 3.27. The molecule has 0 saturated heterocycles. The molecule has 1 atom stereocenters. The van der Waals surface area contributed by atoms with Gasteiger partial charge in [-0.1, -0.05) is 76.9 Å². The number of rotatable bonds is 18. The molecule has 25 heavy (non-hydrogen) atoms. The summed E-state index contributed by atoms with van der Waals surface area (Å²) in [6, 6.07) is -0.0817. The van der Waals surface area contributed by atoms with Crippen molar-refractivity contribution in [2.75, 3.05) is 6.54 Å². The van der Waals surface area contributed by atoms with Crippen LogP contribution in [0.2, 0.25) is 0 Å². The fourth-order valence-electron chi connectivity index (χ4n) is 3.21. The zero-order chi connectivity index (χ0) is 18.8. The minimum atomic E-state index is -0.828. The molecule has 3 heteroatoms. The first-order chi connectivity index (χ1) is 12.0. The van der Waals surface area contributed by atoms with E-state index in [1.165, 1.54) is 83.5 Å². The van der Waals surface area contributed by atoms with Crippen LogP contribution in [0.5, 0.6) is 0 Å². The van der Waals surface area contributed by atoms with Gasteiger partial charge in [-0.2, -0.15) is 10.4 Å². The van der Waals surface area contributed by atoms with E-state index < -0.39 is 4.81 Å². The Hall–Kier alpha value is -0.380. The smallest absolute Gasteiger partial charge is 0.149 e. The second kappa shape index (κ2) is 17.1. The first-order valence-corrected chi connectivity index (χ1v) is 11.0. The van der Waals surface area contributed by atoms with Crippen molar-refractivity contribution >= 4 is 0 Å². The number of unbranched alkanes of at least 4 members (excludes halogenated alkanes) is 12. The van der Waals surface area contributed by atoms with Crippen molar-refractivity contribution in [2.45, 2.75) is 123 Å². The molecule has 3 nitrogen and oxygen atoms in total. The Labute approximate surface area is 157 Å². The first kappa shape index (κ1) is 24.6. The van der Waals surface area contributed by atoms with Crippen molar-refractivity contribution in [3.63, 3.8) is 0 Å². The predicted octanol–water partition coefficient (Wildman–Crippen LogP) is 7.42. The molecule has 0 aliphatic rings. The van der Waals surface area contributed by atoms with E-state index in [-0.39, 0.29) is 6.04 Å². The van der Waals surface area contributed by atoms with Gasteiger partial charge in [0.2, 0.25) is 0 Å². The monoisotopic (exact) mass is 356 g/mol. The summed E-state index contributed by atoms with van der Waals surface area (Å²) in [5, 5.41) is 19.4. The molecule has 0 amide bonds. The van der Waals surface area contributed by atoms with E-state index in [9.17, 15) is 10.4 Å². The summed E-state index contributed by atoms with van der Waals surface area (Å²) in [6.45, 7) is 6.35. The number of hydroxylamine groups is 4. The summed E-state index contributed by atoms with van der Waals surface area (Å²) in [5.41, 5.74) is 0. The number of hydrogen-bond acceptors (Lipinski definition) is 2. The molecule has 0 heterocycles. The second-order valence-electron chi connectivity index (χ2n) is 7.68. The summed E-state index contributed by atoms with van der Waals surface area (Å²) < 4.78 is 0. The molecule has 0 aliphatic heterocycles. The fourth-order valence-corrected chi connectivity index (χ4v) is 3.21. The molecule has 0 fully saturated rings. The highest BCUT2D eigenvalue weighted by atomic mass is 16.8. The van der Waals surface area contributed by atoms with Crippen LogP contribution in [0.1, 0.15) is 117 Å². The Kier molecular flexibility index (Phi) is 16.8. The van der Waals surface area contributed by atoms with Gasteiger partial charge in [0.05, 0.1) is 0 Å². The lowest BCUT2D eigenvalue weighted by Gasteiger charge is -2.26. The van der Waals surface area contributed by atoms with Crippen LogP contribution in [0.4, 0.5) is 0 Å². The van der Waals surface area contributed by atoms with Gasteiger partial charge in [0, 0.05) is 6.42 Å². The van der Waals surface area contributed by atoms with Gasteiger partial charge in [-0.15, -0.1) is 0 Å². The van der Waals surface area contributed by atoms with Crippen LogP contribution in [-0.4, -0.2) is 27.8 Å². The second-order valence-corrected chi connectivity index (χ2v) is 7.68. The van der Waals surface area contributed by atoms with Crippen molar-refractivity contribution in [2.24, 2.45) is 0 Å². The molecule has 0 saturated carbocycles. The van der Waals surface area contributed by atoms with E-state index in [4.69, 9.17) is 0 Å². The quantitative estimate of drug-likeness (QED) is 0.116. The van der Waals surface area contributed by atoms with Crippen molar-refractivity contribution in [3.05, 3.63) is 12.2 Å². The molecule has 0 aliphatic carbocycles. The molecule has 0 aromatic heterocycles.